The van der Waals surface area contributed by atoms with Gasteiger partial charge in [-0.3, -0.25) is 4.79 Å². The Morgan fingerprint density at radius 1 is 1.35 bits per heavy atom. The van der Waals surface area contributed by atoms with Gasteiger partial charge in [-0.2, -0.15) is 12.7 Å². The van der Waals surface area contributed by atoms with Gasteiger partial charge in [-0.15, -0.1) is 0 Å². The molecule has 0 aliphatic heterocycles. The van der Waals surface area contributed by atoms with Crippen molar-refractivity contribution < 1.29 is 13.2 Å². The fourth-order valence-corrected chi connectivity index (χ4v) is 4.83. The topological polar surface area (TPSA) is 66.5 Å². The highest BCUT2D eigenvalue weighted by Gasteiger charge is 2.36. The summed E-state index contributed by atoms with van der Waals surface area (Å²) in [6.07, 6.45) is 2.86. The lowest BCUT2D eigenvalue weighted by Gasteiger charge is -2.18. The van der Waals surface area contributed by atoms with Gasteiger partial charge < -0.3 is 0 Å². The van der Waals surface area contributed by atoms with Gasteiger partial charge in [0, 0.05) is 19.5 Å². The van der Waals surface area contributed by atoms with E-state index in [2.05, 4.69) is 30.7 Å². The van der Waals surface area contributed by atoms with E-state index in [-0.39, 0.29) is 18.4 Å². The standard InChI is InChI=1S/C17H24N2O3S/c1-11-5-4-6-15-13(9-12(2)17(11)15)10-16(20)18-23(21,22)19(3)14-7-8-14/h4-6,12-14H,7-10H2,1-3H3,(H,18,20). The van der Waals surface area contributed by atoms with Crippen molar-refractivity contribution in [2.24, 2.45) is 0 Å². The molecular formula is C17H24N2O3S. The predicted octanol–water partition coefficient (Wildman–Crippen LogP) is 2.43. The fourth-order valence-electron chi connectivity index (χ4n) is 3.71. The Bertz CT molecular complexity index is 725. The highest BCUT2D eigenvalue weighted by atomic mass is 32.2. The number of hydrogen-bond donors (Lipinski definition) is 1. The minimum Gasteiger partial charge on any atom is -0.274 e. The maximum absolute atomic E-state index is 12.2. The van der Waals surface area contributed by atoms with Gasteiger partial charge in [-0.25, -0.2) is 4.72 Å². The van der Waals surface area contributed by atoms with Crippen LogP contribution in [0, 0.1) is 6.92 Å². The second kappa shape index (κ2) is 5.91. The first kappa shape index (κ1) is 16.5. The number of fused-ring (bicyclic) bond motifs is 1. The third kappa shape index (κ3) is 3.28. The van der Waals surface area contributed by atoms with E-state index >= 15 is 0 Å². The molecular weight excluding hydrogens is 312 g/mol. The zero-order valence-electron chi connectivity index (χ0n) is 13.9. The van der Waals surface area contributed by atoms with Crippen LogP contribution in [0.5, 0.6) is 0 Å². The van der Waals surface area contributed by atoms with Crippen molar-refractivity contribution in [1.82, 2.24) is 9.03 Å². The molecule has 0 heterocycles. The van der Waals surface area contributed by atoms with Crippen LogP contribution in [0.25, 0.3) is 0 Å². The SMILES string of the molecule is Cc1cccc2c1C(C)CC2CC(=O)NS(=O)(=O)N(C)C1CC1. The van der Waals surface area contributed by atoms with E-state index < -0.39 is 16.1 Å². The highest BCUT2D eigenvalue weighted by Crippen LogP contribution is 2.44. The van der Waals surface area contributed by atoms with E-state index in [1.807, 2.05) is 6.07 Å². The zero-order valence-corrected chi connectivity index (χ0v) is 14.7. The Morgan fingerprint density at radius 3 is 2.70 bits per heavy atom. The van der Waals surface area contributed by atoms with Crippen molar-refractivity contribution in [2.45, 2.75) is 57.4 Å². The minimum absolute atomic E-state index is 0.0511. The van der Waals surface area contributed by atoms with Crippen LogP contribution < -0.4 is 4.72 Å². The Morgan fingerprint density at radius 2 is 2.04 bits per heavy atom. The van der Waals surface area contributed by atoms with Crippen LogP contribution in [0.3, 0.4) is 0 Å². The lowest BCUT2D eigenvalue weighted by molar-refractivity contribution is -0.119. The molecule has 1 aromatic rings. The van der Waals surface area contributed by atoms with E-state index in [1.165, 1.54) is 28.0 Å². The largest absolute Gasteiger partial charge is 0.303 e. The predicted molar refractivity (Wildman–Crippen MR) is 89.4 cm³/mol. The summed E-state index contributed by atoms with van der Waals surface area (Å²) in [6.45, 7) is 4.26. The van der Waals surface area contributed by atoms with Gasteiger partial charge in [0.1, 0.15) is 0 Å². The minimum atomic E-state index is -3.70. The van der Waals surface area contributed by atoms with E-state index in [4.69, 9.17) is 0 Å². The first-order valence-corrected chi connectivity index (χ1v) is 9.61. The molecule has 0 spiro atoms. The van der Waals surface area contributed by atoms with Gasteiger partial charge in [-0.1, -0.05) is 25.1 Å². The summed E-state index contributed by atoms with van der Waals surface area (Å²) >= 11 is 0. The van der Waals surface area contributed by atoms with Crippen LogP contribution in [0.1, 0.15) is 61.1 Å². The molecule has 1 amide bonds. The summed E-state index contributed by atoms with van der Waals surface area (Å²) in [5.74, 6) is 0.0973. The molecule has 0 radical (unpaired) electrons. The monoisotopic (exact) mass is 336 g/mol. The number of carbonyl (C=O) groups excluding carboxylic acids is 1. The van der Waals surface area contributed by atoms with Crippen LogP contribution in [0.15, 0.2) is 18.2 Å². The number of rotatable bonds is 5. The molecule has 23 heavy (non-hydrogen) atoms. The molecule has 1 fully saturated rings. The van der Waals surface area contributed by atoms with E-state index in [9.17, 15) is 13.2 Å². The smallest absolute Gasteiger partial charge is 0.274 e. The van der Waals surface area contributed by atoms with Crippen LogP contribution >= 0.6 is 0 Å². The molecule has 0 aromatic heterocycles. The maximum atomic E-state index is 12.2. The van der Waals surface area contributed by atoms with Gasteiger partial charge >= 0.3 is 10.2 Å². The summed E-state index contributed by atoms with van der Waals surface area (Å²) in [7, 11) is -2.17. The van der Waals surface area contributed by atoms with E-state index in [0.717, 1.165) is 19.3 Å². The number of benzene rings is 1. The Kier molecular flexibility index (Phi) is 4.23. The van der Waals surface area contributed by atoms with Gasteiger partial charge in [0.15, 0.2) is 0 Å². The van der Waals surface area contributed by atoms with Crippen LogP contribution in [0.4, 0.5) is 0 Å². The Hall–Kier alpha value is -1.40. The molecule has 2 aliphatic rings. The lowest BCUT2D eigenvalue weighted by Crippen LogP contribution is -2.42. The van der Waals surface area contributed by atoms with E-state index in [1.54, 1.807) is 0 Å². The van der Waals surface area contributed by atoms with Gasteiger partial charge in [0.25, 0.3) is 0 Å². The van der Waals surface area contributed by atoms with Crippen molar-refractivity contribution >= 4 is 16.1 Å². The molecule has 1 aromatic carbocycles. The summed E-state index contributed by atoms with van der Waals surface area (Å²) in [5.41, 5.74) is 3.77. The summed E-state index contributed by atoms with van der Waals surface area (Å²) in [6, 6.07) is 6.21. The molecule has 1 saturated carbocycles. The number of aryl methyl sites for hydroxylation is 1. The highest BCUT2D eigenvalue weighted by molar-refractivity contribution is 7.87. The van der Waals surface area contributed by atoms with Crippen LogP contribution in [-0.2, 0) is 15.0 Å². The average molecular weight is 336 g/mol. The summed E-state index contributed by atoms with van der Waals surface area (Å²) in [5, 5.41) is 0. The van der Waals surface area contributed by atoms with Gasteiger partial charge in [0.05, 0.1) is 0 Å². The van der Waals surface area contributed by atoms with Crippen LogP contribution in [-0.4, -0.2) is 31.7 Å². The number of hydrogen-bond acceptors (Lipinski definition) is 3. The Labute approximate surface area is 138 Å². The summed E-state index contributed by atoms with van der Waals surface area (Å²) in [4.78, 5) is 12.2. The molecule has 0 saturated heterocycles. The van der Waals surface area contributed by atoms with Crippen molar-refractivity contribution in [3.8, 4) is 0 Å². The molecule has 2 aliphatic carbocycles. The molecule has 2 unspecified atom stereocenters. The molecule has 3 rings (SSSR count). The second-order valence-corrected chi connectivity index (χ2v) is 8.62. The molecule has 0 bridgehead atoms. The molecule has 2 atom stereocenters. The van der Waals surface area contributed by atoms with Crippen molar-refractivity contribution in [1.29, 1.82) is 0 Å². The van der Waals surface area contributed by atoms with E-state index in [0.29, 0.717) is 5.92 Å². The molecule has 5 nitrogen and oxygen atoms in total. The molecule has 1 N–H and O–H groups in total. The zero-order chi connectivity index (χ0) is 16.8. The van der Waals surface area contributed by atoms with Gasteiger partial charge in [-0.05, 0) is 54.7 Å². The molecule has 126 valence electrons. The third-order valence-electron chi connectivity index (χ3n) is 5.04. The lowest BCUT2D eigenvalue weighted by atomic mass is 9.96. The van der Waals surface area contributed by atoms with Crippen molar-refractivity contribution in [2.75, 3.05) is 7.05 Å². The first-order chi connectivity index (χ1) is 10.8. The normalized spacial score (nSPS) is 23.8. The number of carbonyl (C=O) groups is 1. The number of nitrogens with zero attached hydrogens (tertiary/aromatic N) is 1. The quantitative estimate of drug-likeness (QED) is 0.898. The van der Waals surface area contributed by atoms with Crippen molar-refractivity contribution in [3.05, 3.63) is 34.9 Å². The average Bonchev–Trinajstić information content (AvgIpc) is 3.24. The van der Waals surface area contributed by atoms with Crippen molar-refractivity contribution in [3.63, 3.8) is 0 Å². The summed E-state index contributed by atoms with van der Waals surface area (Å²) < 4.78 is 27.8. The van der Waals surface area contributed by atoms with Gasteiger partial charge in [0.2, 0.25) is 5.91 Å². The molecule has 6 heteroatoms. The number of amides is 1. The third-order valence-corrected chi connectivity index (χ3v) is 6.59. The number of nitrogens with one attached hydrogen (secondary N) is 1. The second-order valence-electron chi connectivity index (χ2n) is 6.89. The van der Waals surface area contributed by atoms with Crippen LogP contribution in [0.2, 0.25) is 0 Å². The first-order valence-electron chi connectivity index (χ1n) is 8.17. The Balaban J connectivity index is 1.69. The maximum Gasteiger partial charge on any atom is 0.303 e. The fraction of sp³-hybridized carbons (Fsp3) is 0.588.